The number of carbonyl (C=O) groups excluding carboxylic acids is 1. The summed E-state index contributed by atoms with van der Waals surface area (Å²) in [6.07, 6.45) is 1.47. The fourth-order valence-electron chi connectivity index (χ4n) is 1.38. The highest BCUT2D eigenvalue weighted by Gasteiger charge is 2.07. The van der Waals surface area contributed by atoms with Crippen LogP contribution in [-0.4, -0.2) is 5.91 Å². The molecule has 1 N–H and O–H groups in total. The van der Waals surface area contributed by atoms with E-state index in [9.17, 15) is 4.79 Å². The lowest BCUT2D eigenvalue weighted by Crippen LogP contribution is -2.13. The summed E-state index contributed by atoms with van der Waals surface area (Å²) >= 11 is 5.97. The summed E-state index contributed by atoms with van der Waals surface area (Å²) in [5, 5.41) is 3.57. The minimum absolute atomic E-state index is 0.0547. The molecular weight excluding hydrogens is 222 g/mol. The summed E-state index contributed by atoms with van der Waals surface area (Å²) in [5.74, 6) is 0.602. The van der Waals surface area contributed by atoms with Gasteiger partial charge in [0.05, 0.1) is 0 Å². The zero-order chi connectivity index (χ0) is 12.1. The molecule has 2 nitrogen and oxygen atoms in total. The van der Waals surface area contributed by atoms with E-state index in [1.807, 2.05) is 25.1 Å². The Bertz CT molecular complexity index is 374. The zero-order valence-electron chi connectivity index (χ0n) is 10.0. The van der Waals surface area contributed by atoms with Gasteiger partial charge in [-0.05, 0) is 37.0 Å². The van der Waals surface area contributed by atoms with Crippen LogP contribution >= 0.6 is 11.6 Å². The van der Waals surface area contributed by atoms with Gasteiger partial charge in [0.2, 0.25) is 5.91 Å². The van der Waals surface area contributed by atoms with Crippen LogP contribution < -0.4 is 5.32 Å². The maximum Gasteiger partial charge on any atom is 0.224 e. The predicted molar refractivity (Wildman–Crippen MR) is 68.9 cm³/mol. The Morgan fingerprint density at radius 3 is 2.75 bits per heavy atom. The van der Waals surface area contributed by atoms with Crippen LogP contribution in [0, 0.1) is 12.8 Å². The number of carbonyl (C=O) groups is 1. The Morgan fingerprint density at radius 1 is 1.44 bits per heavy atom. The fourth-order valence-corrected chi connectivity index (χ4v) is 1.55. The Morgan fingerprint density at radius 2 is 2.12 bits per heavy atom. The van der Waals surface area contributed by atoms with Crippen LogP contribution in [0.2, 0.25) is 5.02 Å². The van der Waals surface area contributed by atoms with Gasteiger partial charge >= 0.3 is 0 Å². The van der Waals surface area contributed by atoms with Gasteiger partial charge < -0.3 is 5.32 Å². The van der Waals surface area contributed by atoms with Crippen molar-refractivity contribution < 1.29 is 4.79 Å². The van der Waals surface area contributed by atoms with Crippen molar-refractivity contribution in [2.75, 3.05) is 5.32 Å². The first-order valence-electron chi connectivity index (χ1n) is 5.55. The Balaban J connectivity index is 2.59. The number of amides is 1. The van der Waals surface area contributed by atoms with Crippen LogP contribution in [0.25, 0.3) is 0 Å². The molecule has 0 heterocycles. The molecular formula is C13H18ClNO. The molecule has 0 saturated carbocycles. The number of halogens is 1. The normalized spacial score (nSPS) is 10.6. The van der Waals surface area contributed by atoms with Gasteiger partial charge in [0, 0.05) is 17.1 Å². The van der Waals surface area contributed by atoms with E-state index in [-0.39, 0.29) is 5.91 Å². The lowest BCUT2D eigenvalue weighted by atomic mass is 10.1. The molecule has 0 aromatic heterocycles. The molecule has 0 fully saturated rings. The second-order valence-electron chi connectivity index (χ2n) is 4.39. The SMILES string of the molecule is Cc1c(Cl)cccc1NC(=O)CCC(C)C. The first-order valence-corrected chi connectivity index (χ1v) is 5.93. The average molecular weight is 240 g/mol. The first kappa shape index (κ1) is 13.0. The molecule has 0 unspecified atom stereocenters. The van der Waals surface area contributed by atoms with Crippen molar-refractivity contribution >= 4 is 23.2 Å². The maximum absolute atomic E-state index is 11.6. The number of rotatable bonds is 4. The molecule has 0 radical (unpaired) electrons. The smallest absolute Gasteiger partial charge is 0.224 e. The third-order valence-electron chi connectivity index (χ3n) is 2.49. The van der Waals surface area contributed by atoms with Crippen LogP contribution in [0.3, 0.4) is 0 Å². The summed E-state index contributed by atoms with van der Waals surface area (Å²) in [5.41, 5.74) is 1.73. The summed E-state index contributed by atoms with van der Waals surface area (Å²) in [7, 11) is 0. The van der Waals surface area contributed by atoms with Gasteiger partial charge in [-0.3, -0.25) is 4.79 Å². The summed E-state index contributed by atoms with van der Waals surface area (Å²) in [6.45, 7) is 6.12. The van der Waals surface area contributed by atoms with E-state index in [0.717, 1.165) is 17.7 Å². The predicted octanol–water partition coefficient (Wildman–Crippen LogP) is 4.02. The number of hydrogen-bond donors (Lipinski definition) is 1. The van der Waals surface area contributed by atoms with E-state index in [1.54, 1.807) is 0 Å². The molecule has 1 aromatic carbocycles. The molecule has 1 rings (SSSR count). The van der Waals surface area contributed by atoms with Gasteiger partial charge in [0.1, 0.15) is 0 Å². The van der Waals surface area contributed by atoms with E-state index in [2.05, 4.69) is 19.2 Å². The van der Waals surface area contributed by atoms with Gasteiger partial charge in [-0.1, -0.05) is 31.5 Å². The van der Waals surface area contributed by atoms with Crippen LogP contribution in [-0.2, 0) is 4.79 Å². The summed E-state index contributed by atoms with van der Waals surface area (Å²) in [4.78, 5) is 11.6. The highest BCUT2D eigenvalue weighted by Crippen LogP contribution is 2.23. The largest absolute Gasteiger partial charge is 0.326 e. The molecule has 1 aromatic rings. The van der Waals surface area contributed by atoms with Crippen molar-refractivity contribution in [1.29, 1.82) is 0 Å². The van der Waals surface area contributed by atoms with Crippen molar-refractivity contribution in [1.82, 2.24) is 0 Å². The lowest BCUT2D eigenvalue weighted by Gasteiger charge is -2.10. The highest BCUT2D eigenvalue weighted by atomic mass is 35.5. The van der Waals surface area contributed by atoms with E-state index < -0.39 is 0 Å². The van der Waals surface area contributed by atoms with E-state index >= 15 is 0 Å². The number of anilines is 1. The molecule has 3 heteroatoms. The van der Waals surface area contributed by atoms with Crippen molar-refractivity contribution in [3.63, 3.8) is 0 Å². The molecule has 88 valence electrons. The van der Waals surface area contributed by atoms with Crippen molar-refractivity contribution in [2.45, 2.75) is 33.6 Å². The molecule has 0 aliphatic carbocycles. The van der Waals surface area contributed by atoms with Gasteiger partial charge in [-0.15, -0.1) is 0 Å². The summed E-state index contributed by atoms with van der Waals surface area (Å²) in [6, 6.07) is 5.53. The second kappa shape index (κ2) is 5.90. The lowest BCUT2D eigenvalue weighted by molar-refractivity contribution is -0.116. The zero-order valence-corrected chi connectivity index (χ0v) is 10.8. The van der Waals surface area contributed by atoms with E-state index in [4.69, 9.17) is 11.6 Å². The van der Waals surface area contributed by atoms with E-state index in [0.29, 0.717) is 17.4 Å². The highest BCUT2D eigenvalue weighted by molar-refractivity contribution is 6.31. The Kier molecular flexibility index (Phi) is 4.81. The maximum atomic E-state index is 11.6. The Hall–Kier alpha value is -1.02. The van der Waals surface area contributed by atoms with Crippen LogP contribution in [0.1, 0.15) is 32.3 Å². The molecule has 0 bridgehead atoms. The third kappa shape index (κ3) is 3.86. The van der Waals surface area contributed by atoms with E-state index in [1.165, 1.54) is 0 Å². The van der Waals surface area contributed by atoms with Crippen molar-refractivity contribution in [3.8, 4) is 0 Å². The van der Waals surface area contributed by atoms with Crippen molar-refractivity contribution in [2.24, 2.45) is 5.92 Å². The minimum Gasteiger partial charge on any atom is -0.326 e. The monoisotopic (exact) mass is 239 g/mol. The summed E-state index contributed by atoms with van der Waals surface area (Å²) < 4.78 is 0. The topological polar surface area (TPSA) is 29.1 Å². The molecule has 16 heavy (non-hydrogen) atoms. The van der Waals surface area contributed by atoms with Gasteiger partial charge in [-0.25, -0.2) is 0 Å². The number of benzene rings is 1. The molecule has 0 saturated heterocycles. The third-order valence-corrected chi connectivity index (χ3v) is 2.90. The van der Waals surface area contributed by atoms with Crippen LogP contribution in [0.15, 0.2) is 18.2 Å². The molecule has 0 atom stereocenters. The second-order valence-corrected chi connectivity index (χ2v) is 4.80. The number of nitrogens with one attached hydrogen (secondary N) is 1. The molecule has 0 aliphatic rings. The molecule has 1 amide bonds. The molecule has 0 spiro atoms. The average Bonchev–Trinajstić information content (AvgIpc) is 2.22. The minimum atomic E-state index is 0.0547. The van der Waals surface area contributed by atoms with Gasteiger partial charge in [-0.2, -0.15) is 0 Å². The molecule has 0 aliphatic heterocycles. The first-order chi connectivity index (χ1) is 7.50. The van der Waals surface area contributed by atoms with Crippen molar-refractivity contribution in [3.05, 3.63) is 28.8 Å². The standard InChI is InChI=1S/C13H18ClNO/c1-9(2)7-8-13(16)15-12-6-4-5-11(14)10(12)3/h4-6,9H,7-8H2,1-3H3,(H,15,16). The van der Waals surface area contributed by atoms with Gasteiger partial charge in [0.15, 0.2) is 0 Å². The Labute approximate surface area is 102 Å². The number of hydrogen-bond acceptors (Lipinski definition) is 1. The quantitative estimate of drug-likeness (QED) is 0.845. The van der Waals surface area contributed by atoms with Crippen LogP contribution in [0.5, 0.6) is 0 Å². The fraction of sp³-hybridized carbons (Fsp3) is 0.462. The van der Waals surface area contributed by atoms with Gasteiger partial charge in [0.25, 0.3) is 0 Å². The van der Waals surface area contributed by atoms with Crippen LogP contribution in [0.4, 0.5) is 5.69 Å².